The summed E-state index contributed by atoms with van der Waals surface area (Å²) in [5, 5.41) is 30.1. The van der Waals surface area contributed by atoms with E-state index in [1.54, 1.807) is 13.8 Å². The summed E-state index contributed by atoms with van der Waals surface area (Å²) >= 11 is 0. The number of hydrogen-bond acceptors (Lipinski definition) is 4. The van der Waals surface area contributed by atoms with Gasteiger partial charge in [-0.05, 0) is 51.0 Å². The summed E-state index contributed by atoms with van der Waals surface area (Å²) in [6, 6.07) is 0. The van der Waals surface area contributed by atoms with E-state index < -0.39 is 23.3 Å². The van der Waals surface area contributed by atoms with Crippen LogP contribution in [0.4, 0.5) is 0 Å². The van der Waals surface area contributed by atoms with E-state index in [-0.39, 0.29) is 17.8 Å². The molecule has 1 spiro atoms. The lowest BCUT2D eigenvalue weighted by Gasteiger charge is -2.35. The first kappa shape index (κ1) is 14.0. The maximum atomic E-state index is 11.4. The third-order valence-corrected chi connectivity index (χ3v) is 5.43. The van der Waals surface area contributed by atoms with E-state index in [2.05, 4.69) is 6.08 Å². The zero-order chi connectivity index (χ0) is 14.8. The van der Waals surface area contributed by atoms with Crippen molar-refractivity contribution < 1.29 is 24.9 Å². The normalized spacial score (nSPS) is 43.9. The van der Waals surface area contributed by atoms with Crippen molar-refractivity contribution in [3.63, 3.8) is 0 Å². The topological polar surface area (TPSA) is 87.0 Å². The van der Waals surface area contributed by atoms with Crippen LogP contribution in [0.2, 0.25) is 0 Å². The van der Waals surface area contributed by atoms with Gasteiger partial charge in [0.05, 0.1) is 18.3 Å². The number of aliphatic hydroxyl groups is 2. The molecule has 112 valence electrons. The average molecular weight is 282 g/mol. The molecule has 2 fully saturated rings. The number of hydrogen-bond donors (Lipinski definition) is 3. The van der Waals surface area contributed by atoms with Gasteiger partial charge in [0.15, 0.2) is 5.60 Å². The van der Waals surface area contributed by atoms with Crippen LogP contribution in [0.15, 0.2) is 11.6 Å². The average Bonchev–Trinajstić information content (AvgIpc) is 2.88. The molecule has 2 aliphatic carbocycles. The second-order valence-electron chi connectivity index (χ2n) is 7.11. The summed E-state index contributed by atoms with van der Waals surface area (Å²) in [4.78, 5) is 11.4. The highest BCUT2D eigenvalue weighted by Gasteiger charge is 2.61. The summed E-state index contributed by atoms with van der Waals surface area (Å²) in [5.74, 6) is -1.10. The number of carboxylic acid groups (broad SMARTS) is 1. The smallest absolute Gasteiger partial charge is 0.338 e. The third kappa shape index (κ3) is 1.76. The Labute approximate surface area is 118 Å². The summed E-state index contributed by atoms with van der Waals surface area (Å²) in [6.45, 7) is 3.99. The monoisotopic (exact) mass is 282 g/mol. The molecule has 3 N–H and O–H groups in total. The molecule has 5 heteroatoms. The quantitative estimate of drug-likeness (QED) is 0.660. The lowest BCUT2D eigenvalue weighted by molar-refractivity contribution is -0.175. The minimum absolute atomic E-state index is 0.0980. The van der Waals surface area contributed by atoms with Gasteiger partial charge >= 0.3 is 5.97 Å². The molecule has 1 saturated carbocycles. The van der Waals surface area contributed by atoms with Crippen molar-refractivity contribution in [3.05, 3.63) is 11.6 Å². The van der Waals surface area contributed by atoms with Gasteiger partial charge in [-0.2, -0.15) is 0 Å². The van der Waals surface area contributed by atoms with Crippen molar-refractivity contribution in [2.75, 3.05) is 6.61 Å². The number of carboxylic acids is 1. The zero-order valence-corrected chi connectivity index (χ0v) is 11.9. The van der Waals surface area contributed by atoms with Crippen LogP contribution in [0, 0.1) is 11.3 Å². The van der Waals surface area contributed by atoms with Crippen LogP contribution in [0.1, 0.15) is 39.5 Å². The van der Waals surface area contributed by atoms with Crippen molar-refractivity contribution in [3.8, 4) is 0 Å². The van der Waals surface area contributed by atoms with Crippen molar-refractivity contribution in [2.45, 2.75) is 56.8 Å². The Morgan fingerprint density at radius 3 is 2.80 bits per heavy atom. The van der Waals surface area contributed by atoms with Crippen LogP contribution in [-0.2, 0) is 9.53 Å². The standard InChI is InChI=1S/C15H22O5/c1-13(2,18)9-3-5-14-7-11(20-8-14)15(19,12(16)17)6-4-10(9)14/h3,10-11,18-19H,4-8H2,1-2H3,(H,16,17)/t10-,11-,14-,15+/m0/s1. The van der Waals surface area contributed by atoms with Gasteiger partial charge in [-0.15, -0.1) is 0 Å². The minimum atomic E-state index is -1.79. The molecule has 5 nitrogen and oxygen atoms in total. The molecule has 0 aromatic rings. The van der Waals surface area contributed by atoms with Crippen molar-refractivity contribution in [2.24, 2.45) is 11.3 Å². The first-order chi connectivity index (χ1) is 9.19. The third-order valence-electron chi connectivity index (χ3n) is 5.43. The van der Waals surface area contributed by atoms with Crippen LogP contribution in [0.3, 0.4) is 0 Å². The molecule has 0 aromatic carbocycles. The van der Waals surface area contributed by atoms with E-state index in [1.807, 2.05) is 0 Å². The fraction of sp³-hybridized carbons (Fsp3) is 0.800. The van der Waals surface area contributed by atoms with Crippen LogP contribution in [0.5, 0.6) is 0 Å². The minimum Gasteiger partial charge on any atom is -0.479 e. The number of rotatable bonds is 2. The lowest BCUT2D eigenvalue weighted by atomic mass is 9.71. The summed E-state index contributed by atoms with van der Waals surface area (Å²) in [7, 11) is 0. The first-order valence-corrected chi connectivity index (χ1v) is 7.19. The number of fused-ring (bicyclic) bond motifs is 1. The highest BCUT2D eigenvalue weighted by Crippen LogP contribution is 2.58. The van der Waals surface area contributed by atoms with Gasteiger partial charge in [-0.25, -0.2) is 4.79 Å². The fourth-order valence-electron chi connectivity index (χ4n) is 4.28. The Bertz CT molecular complexity index is 477. The number of allylic oxidation sites excluding steroid dienone is 1. The summed E-state index contributed by atoms with van der Waals surface area (Å²) in [6.07, 6.45) is 3.55. The van der Waals surface area contributed by atoms with Gasteiger partial charge in [-0.1, -0.05) is 6.08 Å². The highest BCUT2D eigenvalue weighted by atomic mass is 16.5. The number of aliphatic carboxylic acids is 1. The number of carbonyl (C=O) groups is 1. The molecule has 1 heterocycles. The van der Waals surface area contributed by atoms with Crippen LogP contribution in [0.25, 0.3) is 0 Å². The maximum Gasteiger partial charge on any atom is 0.338 e. The molecule has 3 aliphatic rings. The van der Waals surface area contributed by atoms with E-state index in [9.17, 15) is 20.1 Å². The van der Waals surface area contributed by atoms with E-state index in [0.29, 0.717) is 19.4 Å². The molecule has 0 radical (unpaired) electrons. The van der Waals surface area contributed by atoms with E-state index >= 15 is 0 Å². The van der Waals surface area contributed by atoms with Gasteiger partial charge in [0.1, 0.15) is 0 Å². The molecule has 0 aromatic heterocycles. The van der Waals surface area contributed by atoms with Gasteiger partial charge in [0, 0.05) is 5.41 Å². The lowest BCUT2D eigenvalue weighted by Crippen LogP contribution is -2.49. The molecule has 3 rings (SSSR count). The fourth-order valence-corrected chi connectivity index (χ4v) is 4.28. The van der Waals surface area contributed by atoms with Crippen molar-refractivity contribution in [1.82, 2.24) is 0 Å². The Balaban J connectivity index is 1.96. The second kappa shape index (κ2) is 4.06. The van der Waals surface area contributed by atoms with Crippen LogP contribution >= 0.6 is 0 Å². The molecule has 4 atom stereocenters. The van der Waals surface area contributed by atoms with Gasteiger partial charge < -0.3 is 20.1 Å². The predicted molar refractivity (Wildman–Crippen MR) is 71.1 cm³/mol. The Kier molecular flexibility index (Phi) is 2.85. The van der Waals surface area contributed by atoms with Crippen molar-refractivity contribution in [1.29, 1.82) is 0 Å². The molecule has 1 saturated heterocycles. The molecule has 0 unspecified atom stereocenters. The number of ether oxygens (including phenoxy) is 1. The molecule has 1 aliphatic heterocycles. The molecular weight excluding hydrogens is 260 g/mol. The van der Waals surface area contributed by atoms with Gasteiger partial charge in [0.25, 0.3) is 0 Å². The van der Waals surface area contributed by atoms with E-state index in [1.165, 1.54) is 0 Å². The highest BCUT2D eigenvalue weighted by molar-refractivity contribution is 5.78. The largest absolute Gasteiger partial charge is 0.479 e. The second-order valence-corrected chi connectivity index (χ2v) is 7.11. The predicted octanol–water partition coefficient (Wildman–Crippen LogP) is 1.09. The van der Waals surface area contributed by atoms with Crippen molar-refractivity contribution >= 4 is 5.97 Å². The molecule has 20 heavy (non-hydrogen) atoms. The van der Waals surface area contributed by atoms with E-state index in [4.69, 9.17) is 4.74 Å². The summed E-state index contributed by atoms with van der Waals surface area (Å²) < 4.78 is 5.65. The van der Waals surface area contributed by atoms with Gasteiger partial charge in [0.2, 0.25) is 0 Å². The SMILES string of the molecule is CC(C)(O)C1=CC[C@@]23CO[C@@H](C2)[C@@](O)(C(=O)O)CC[C@@H]13. The zero-order valence-electron chi connectivity index (χ0n) is 11.9. The molecule has 2 bridgehead atoms. The Morgan fingerprint density at radius 2 is 2.20 bits per heavy atom. The van der Waals surface area contributed by atoms with Gasteiger partial charge in [-0.3, -0.25) is 0 Å². The Hall–Kier alpha value is -0.910. The maximum absolute atomic E-state index is 11.4. The molecular formula is C15H22O5. The van der Waals surface area contributed by atoms with E-state index in [0.717, 1.165) is 12.0 Å². The first-order valence-electron chi connectivity index (χ1n) is 7.19. The van der Waals surface area contributed by atoms with Crippen LogP contribution < -0.4 is 0 Å². The van der Waals surface area contributed by atoms with Crippen LogP contribution in [-0.4, -0.2) is 45.2 Å². The molecule has 0 amide bonds. The Morgan fingerprint density at radius 1 is 1.50 bits per heavy atom. The summed E-state index contributed by atoms with van der Waals surface area (Å²) in [5.41, 5.74) is -1.87.